The molecular weight excluding hydrogens is 406 g/mol. The summed E-state index contributed by atoms with van der Waals surface area (Å²) in [6, 6.07) is 19.2. The number of benzene rings is 2. The molecule has 2 aliphatic heterocycles. The van der Waals surface area contributed by atoms with Gasteiger partial charge in [0.05, 0.1) is 0 Å². The van der Waals surface area contributed by atoms with Gasteiger partial charge in [-0.25, -0.2) is 0 Å². The van der Waals surface area contributed by atoms with E-state index in [-0.39, 0.29) is 0 Å². The first-order chi connectivity index (χ1) is 16.3. The lowest BCUT2D eigenvalue weighted by molar-refractivity contribution is 0.0294. The topological polar surface area (TPSA) is 30.0 Å². The van der Waals surface area contributed by atoms with Crippen molar-refractivity contribution in [3.05, 3.63) is 65.2 Å². The van der Waals surface area contributed by atoms with Crippen LogP contribution >= 0.6 is 0 Å². The molecule has 0 spiro atoms. The molecule has 2 saturated heterocycles. The van der Waals surface area contributed by atoms with Crippen LogP contribution in [0.4, 0.5) is 5.69 Å². The van der Waals surface area contributed by atoms with Crippen LogP contribution in [-0.4, -0.2) is 72.9 Å². The number of aliphatic hydroxyl groups excluding tert-OH is 1. The first-order valence-electron chi connectivity index (χ1n) is 13.3. The van der Waals surface area contributed by atoms with Gasteiger partial charge in [-0.1, -0.05) is 36.4 Å². The van der Waals surface area contributed by atoms with E-state index in [9.17, 15) is 5.11 Å². The summed E-state index contributed by atoms with van der Waals surface area (Å²) >= 11 is 0. The fraction of sp³-hybridized carbons (Fsp3) is 0.586. The lowest BCUT2D eigenvalue weighted by atomic mass is 9.98. The van der Waals surface area contributed by atoms with Crippen LogP contribution in [0.5, 0.6) is 0 Å². The second kappa shape index (κ2) is 11.0. The molecule has 0 radical (unpaired) electrons. The Balaban J connectivity index is 1.11. The molecule has 0 amide bonds. The molecule has 4 nitrogen and oxygen atoms in total. The molecule has 2 aromatic carbocycles. The van der Waals surface area contributed by atoms with Gasteiger partial charge >= 0.3 is 0 Å². The zero-order chi connectivity index (χ0) is 22.5. The number of fused-ring (bicyclic) bond motifs is 1. The number of hydrogen-bond acceptors (Lipinski definition) is 4. The van der Waals surface area contributed by atoms with Crippen molar-refractivity contribution in [3.8, 4) is 0 Å². The molecule has 178 valence electrons. The van der Waals surface area contributed by atoms with Gasteiger partial charge in [0.2, 0.25) is 0 Å². The first-order valence-corrected chi connectivity index (χ1v) is 13.3. The summed E-state index contributed by atoms with van der Waals surface area (Å²) in [6.07, 6.45) is 9.63. The Kier molecular flexibility index (Phi) is 7.65. The van der Waals surface area contributed by atoms with Crippen molar-refractivity contribution in [2.24, 2.45) is 0 Å². The van der Waals surface area contributed by atoms with E-state index in [0.717, 1.165) is 32.5 Å². The third kappa shape index (κ3) is 5.62. The fourth-order valence-electron chi connectivity index (χ4n) is 6.34. The molecule has 4 heteroatoms. The van der Waals surface area contributed by atoms with Gasteiger partial charge in [0.25, 0.3) is 0 Å². The molecule has 1 N–H and O–H groups in total. The molecular formula is C29H41N3O. The van der Waals surface area contributed by atoms with Crippen molar-refractivity contribution in [2.45, 2.75) is 63.5 Å². The minimum atomic E-state index is 0.296. The highest BCUT2D eigenvalue weighted by Crippen LogP contribution is 2.30. The standard InChI is InChI=1S/C29H41N3O/c33-21-15-29-23-32(20-19-30(29)16-5-8-24-6-2-1-3-7-24)27-13-17-31(18-14-27)28-12-11-25-9-4-10-26(25)22-28/h1-3,6-7,11-12,22,27,29,33H,4-5,8-10,13-21,23H2. The summed E-state index contributed by atoms with van der Waals surface area (Å²) in [4.78, 5) is 8.00. The van der Waals surface area contributed by atoms with Crippen molar-refractivity contribution >= 4 is 5.69 Å². The van der Waals surface area contributed by atoms with Gasteiger partial charge < -0.3 is 10.0 Å². The molecule has 0 aromatic heterocycles. The van der Waals surface area contributed by atoms with Crippen LogP contribution < -0.4 is 4.90 Å². The number of piperazine rings is 1. The summed E-state index contributed by atoms with van der Waals surface area (Å²) in [5.41, 5.74) is 6.04. The number of anilines is 1. The highest BCUT2D eigenvalue weighted by atomic mass is 16.3. The minimum Gasteiger partial charge on any atom is -0.396 e. The van der Waals surface area contributed by atoms with Gasteiger partial charge in [0, 0.05) is 57.1 Å². The Morgan fingerprint density at radius 2 is 1.70 bits per heavy atom. The van der Waals surface area contributed by atoms with Crippen LogP contribution in [0.15, 0.2) is 48.5 Å². The highest BCUT2D eigenvalue weighted by molar-refractivity contribution is 5.52. The molecule has 33 heavy (non-hydrogen) atoms. The van der Waals surface area contributed by atoms with Crippen LogP contribution in [0.1, 0.15) is 48.8 Å². The average Bonchev–Trinajstić information content (AvgIpc) is 3.34. The predicted molar refractivity (Wildman–Crippen MR) is 137 cm³/mol. The van der Waals surface area contributed by atoms with Gasteiger partial charge in [0.15, 0.2) is 0 Å². The van der Waals surface area contributed by atoms with Crippen molar-refractivity contribution in [1.29, 1.82) is 0 Å². The summed E-state index contributed by atoms with van der Waals surface area (Å²) in [6.45, 7) is 7.22. The SMILES string of the molecule is OCCC1CN(C2CCN(c3ccc4c(c3)CCC4)CC2)CCN1CCCc1ccccc1. The van der Waals surface area contributed by atoms with E-state index in [0.29, 0.717) is 18.7 Å². The van der Waals surface area contributed by atoms with Crippen LogP contribution in [0, 0.1) is 0 Å². The molecule has 2 fully saturated rings. The van der Waals surface area contributed by atoms with Crippen LogP contribution in [0.25, 0.3) is 0 Å². The monoisotopic (exact) mass is 447 g/mol. The van der Waals surface area contributed by atoms with Crippen molar-refractivity contribution in [3.63, 3.8) is 0 Å². The molecule has 1 aliphatic carbocycles. The molecule has 5 rings (SSSR count). The van der Waals surface area contributed by atoms with E-state index in [2.05, 4.69) is 63.2 Å². The summed E-state index contributed by atoms with van der Waals surface area (Å²) in [5.74, 6) is 0. The largest absolute Gasteiger partial charge is 0.396 e. The number of hydrogen-bond donors (Lipinski definition) is 1. The molecule has 1 atom stereocenters. The molecule has 2 heterocycles. The highest BCUT2D eigenvalue weighted by Gasteiger charge is 2.32. The van der Waals surface area contributed by atoms with E-state index in [1.807, 2.05) is 0 Å². The Labute approximate surface area is 200 Å². The Morgan fingerprint density at radius 3 is 2.52 bits per heavy atom. The molecule has 3 aliphatic rings. The fourth-order valence-corrected chi connectivity index (χ4v) is 6.34. The van der Waals surface area contributed by atoms with Crippen LogP contribution in [-0.2, 0) is 19.3 Å². The van der Waals surface area contributed by atoms with Gasteiger partial charge in [-0.3, -0.25) is 9.80 Å². The number of aliphatic hydroxyl groups is 1. The van der Waals surface area contributed by atoms with E-state index < -0.39 is 0 Å². The maximum Gasteiger partial charge on any atom is 0.0446 e. The zero-order valence-corrected chi connectivity index (χ0v) is 20.2. The lowest BCUT2D eigenvalue weighted by Gasteiger charge is -2.47. The van der Waals surface area contributed by atoms with Gasteiger partial charge in [-0.2, -0.15) is 0 Å². The van der Waals surface area contributed by atoms with E-state index >= 15 is 0 Å². The molecule has 0 bridgehead atoms. The van der Waals surface area contributed by atoms with Crippen molar-refractivity contribution < 1.29 is 5.11 Å². The molecule has 1 unspecified atom stereocenters. The van der Waals surface area contributed by atoms with Crippen molar-refractivity contribution in [1.82, 2.24) is 9.80 Å². The second-order valence-electron chi connectivity index (χ2n) is 10.3. The summed E-state index contributed by atoms with van der Waals surface area (Å²) < 4.78 is 0. The third-order valence-electron chi connectivity index (χ3n) is 8.28. The quantitative estimate of drug-likeness (QED) is 0.659. The van der Waals surface area contributed by atoms with Crippen molar-refractivity contribution in [2.75, 3.05) is 50.8 Å². The second-order valence-corrected chi connectivity index (χ2v) is 10.3. The Bertz CT molecular complexity index is 878. The number of rotatable bonds is 8. The predicted octanol–water partition coefficient (Wildman–Crippen LogP) is 4.15. The van der Waals surface area contributed by atoms with Crippen LogP contribution in [0.2, 0.25) is 0 Å². The smallest absolute Gasteiger partial charge is 0.0446 e. The lowest BCUT2D eigenvalue weighted by Crippen LogP contribution is -2.57. The van der Waals surface area contributed by atoms with Gasteiger partial charge in [-0.15, -0.1) is 0 Å². The normalized spacial score (nSPS) is 22.6. The number of aryl methyl sites for hydroxylation is 3. The first kappa shape index (κ1) is 22.9. The molecule has 2 aromatic rings. The summed E-state index contributed by atoms with van der Waals surface area (Å²) in [7, 11) is 0. The van der Waals surface area contributed by atoms with E-state index in [1.165, 1.54) is 69.4 Å². The van der Waals surface area contributed by atoms with Gasteiger partial charge in [0.1, 0.15) is 0 Å². The average molecular weight is 448 g/mol. The van der Waals surface area contributed by atoms with E-state index in [1.54, 1.807) is 11.1 Å². The number of nitrogens with zero attached hydrogens (tertiary/aromatic N) is 3. The number of piperidine rings is 1. The Hall–Kier alpha value is -1.88. The molecule has 0 saturated carbocycles. The maximum absolute atomic E-state index is 9.71. The van der Waals surface area contributed by atoms with Crippen LogP contribution in [0.3, 0.4) is 0 Å². The summed E-state index contributed by atoms with van der Waals surface area (Å²) in [5, 5.41) is 9.71. The van der Waals surface area contributed by atoms with Gasteiger partial charge in [-0.05, 0) is 86.7 Å². The maximum atomic E-state index is 9.71. The Morgan fingerprint density at radius 1 is 0.879 bits per heavy atom. The third-order valence-corrected chi connectivity index (χ3v) is 8.28. The minimum absolute atomic E-state index is 0.296. The van der Waals surface area contributed by atoms with E-state index in [4.69, 9.17) is 0 Å². The zero-order valence-electron chi connectivity index (χ0n) is 20.2.